The van der Waals surface area contributed by atoms with Crippen molar-refractivity contribution < 1.29 is 23.1 Å². The topological polar surface area (TPSA) is 49.9 Å². The molecule has 0 radical (unpaired) electrons. The number of rotatable bonds is 1. The fourth-order valence-corrected chi connectivity index (χ4v) is 2.05. The third-order valence-corrected chi connectivity index (χ3v) is 3.16. The first-order valence-electron chi connectivity index (χ1n) is 6.10. The van der Waals surface area contributed by atoms with Gasteiger partial charge in [-0.25, -0.2) is 13.6 Å². The van der Waals surface area contributed by atoms with Crippen LogP contribution in [0.5, 0.6) is 0 Å². The average molecular weight is 284 g/mol. The van der Waals surface area contributed by atoms with Crippen molar-refractivity contribution in [1.29, 1.82) is 0 Å². The molecule has 5 nitrogen and oxygen atoms in total. The van der Waals surface area contributed by atoms with Gasteiger partial charge in [0.05, 0.1) is 12.7 Å². The van der Waals surface area contributed by atoms with Crippen LogP contribution >= 0.6 is 0 Å². The molecule has 1 aromatic rings. The highest BCUT2D eigenvalue weighted by Crippen LogP contribution is 2.14. The highest BCUT2D eigenvalue weighted by atomic mass is 19.1. The molecule has 2 rings (SSSR count). The number of ether oxygens (including phenoxy) is 1. The first-order chi connectivity index (χ1) is 9.52. The zero-order chi connectivity index (χ0) is 14.7. The first kappa shape index (κ1) is 14.2. The van der Waals surface area contributed by atoms with E-state index in [1.54, 1.807) is 0 Å². The molecule has 1 aliphatic heterocycles. The molecule has 1 aromatic carbocycles. The van der Waals surface area contributed by atoms with Crippen molar-refractivity contribution in [2.45, 2.75) is 0 Å². The number of methoxy groups -OCH3 is 1. The van der Waals surface area contributed by atoms with E-state index in [4.69, 9.17) is 0 Å². The number of carbonyl (C=O) groups excluding carboxylic acids is 2. The summed E-state index contributed by atoms with van der Waals surface area (Å²) in [6.45, 7) is 1.11. The van der Waals surface area contributed by atoms with Gasteiger partial charge in [0, 0.05) is 26.2 Å². The number of hydrogen-bond donors (Lipinski definition) is 0. The van der Waals surface area contributed by atoms with E-state index in [9.17, 15) is 18.4 Å². The highest BCUT2D eigenvalue weighted by molar-refractivity contribution is 5.94. The van der Waals surface area contributed by atoms with Gasteiger partial charge in [-0.1, -0.05) is 0 Å². The molecule has 7 heteroatoms. The molecule has 1 heterocycles. The summed E-state index contributed by atoms with van der Waals surface area (Å²) < 4.78 is 31.2. The summed E-state index contributed by atoms with van der Waals surface area (Å²) in [5.74, 6) is -2.00. The molecule has 108 valence electrons. The average Bonchev–Trinajstić information content (AvgIpc) is 2.48. The number of amides is 2. The predicted octanol–water partition coefficient (Wildman–Crippen LogP) is 1.49. The van der Waals surface area contributed by atoms with Crippen LogP contribution in [0.25, 0.3) is 0 Å². The van der Waals surface area contributed by atoms with E-state index in [0.717, 1.165) is 18.2 Å². The van der Waals surface area contributed by atoms with Gasteiger partial charge in [-0.2, -0.15) is 0 Å². The standard InChI is InChI=1S/C13H14F2N2O3/c1-20-13(19)17-6-4-16(5-7-17)12(18)10-8-9(14)2-3-11(10)15/h2-3,8H,4-7H2,1H3. The molecule has 0 atom stereocenters. The molecule has 0 aliphatic carbocycles. The predicted molar refractivity (Wildman–Crippen MR) is 66.2 cm³/mol. The van der Waals surface area contributed by atoms with E-state index in [-0.39, 0.29) is 18.7 Å². The van der Waals surface area contributed by atoms with Crippen LogP contribution in [0.2, 0.25) is 0 Å². The zero-order valence-electron chi connectivity index (χ0n) is 10.9. The van der Waals surface area contributed by atoms with E-state index >= 15 is 0 Å². The summed E-state index contributed by atoms with van der Waals surface area (Å²) in [4.78, 5) is 26.2. The van der Waals surface area contributed by atoms with Crippen LogP contribution < -0.4 is 0 Å². The Bertz CT molecular complexity index is 528. The molecule has 1 fully saturated rings. The van der Waals surface area contributed by atoms with Crippen molar-refractivity contribution in [2.75, 3.05) is 33.3 Å². The minimum Gasteiger partial charge on any atom is -0.453 e. The molecular formula is C13H14F2N2O3. The molecule has 0 bridgehead atoms. The van der Waals surface area contributed by atoms with Gasteiger partial charge >= 0.3 is 6.09 Å². The number of halogens is 2. The Kier molecular flexibility index (Phi) is 4.16. The lowest BCUT2D eigenvalue weighted by Gasteiger charge is -2.33. The SMILES string of the molecule is COC(=O)N1CCN(C(=O)c2cc(F)ccc2F)CC1. The van der Waals surface area contributed by atoms with Crippen molar-refractivity contribution in [3.05, 3.63) is 35.4 Å². The zero-order valence-corrected chi connectivity index (χ0v) is 10.9. The number of carbonyl (C=O) groups is 2. The summed E-state index contributed by atoms with van der Waals surface area (Å²) >= 11 is 0. The number of nitrogens with zero attached hydrogens (tertiary/aromatic N) is 2. The lowest BCUT2D eigenvalue weighted by Crippen LogP contribution is -2.50. The lowest BCUT2D eigenvalue weighted by atomic mass is 10.1. The van der Waals surface area contributed by atoms with Crippen LogP contribution in [0, 0.1) is 11.6 Å². The van der Waals surface area contributed by atoms with Crippen LogP contribution in [-0.4, -0.2) is 55.1 Å². The summed E-state index contributed by atoms with van der Waals surface area (Å²) in [5, 5.41) is 0. The van der Waals surface area contributed by atoms with Crippen molar-refractivity contribution in [1.82, 2.24) is 9.80 Å². The Morgan fingerprint density at radius 3 is 2.30 bits per heavy atom. The Morgan fingerprint density at radius 1 is 1.10 bits per heavy atom. The molecule has 0 N–H and O–H groups in total. The van der Waals surface area contributed by atoms with Crippen molar-refractivity contribution >= 4 is 12.0 Å². The second-order valence-electron chi connectivity index (χ2n) is 4.37. The van der Waals surface area contributed by atoms with Crippen LogP contribution in [0.15, 0.2) is 18.2 Å². The van der Waals surface area contributed by atoms with Gasteiger partial charge in [-0.05, 0) is 18.2 Å². The van der Waals surface area contributed by atoms with Gasteiger partial charge in [-0.3, -0.25) is 4.79 Å². The summed E-state index contributed by atoms with van der Waals surface area (Å²) in [6.07, 6.45) is -0.464. The fraction of sp³-hybridized carbons (Fsp3) is 0.385. The molecule has 2 amide bonds. The Hall–Kier alpha value is -2.18. The molecule has 20 heavy (non-hydrogen) atoms. The van der Waals surface area contributed by atoms with Crippen LogP contribution in [-0.2, 0) is 4.74 Å². The van der Waals surface area contributed by atoms with Crippen LogP contribution in [0.4, 0.5) is 13.6 Å². The van der Waals surface area contributed by atoms with Gasteiger partial charge in [0.2, 0.25) is 0 Å². The number of benzene rings is 1. The highest BCUT2D eigenvalue weighted by Gasteiger charge is 2.26. The quantitative estimate of drug-likeness (QED) is 0.785. The van der Waals surface area contributed by atoms with Crippen LogP contribution in [0.1, 0.15) is 10.4 Å². The Balaban J connectivity index is 2.05. The van der Waals surface area contributed by atoms with Gasteiger partial charge in [0.1, 0.15) is 11.6 Å². The Labute approximate surface area is 114 Å². The third-order valence-electron chi connectivity index (χ3n) is 3.16. The smallest absolute Gasteiger partial charge is 0.409 e. The minimum atomic E-state index is -0.758. The van der Waals surface area contributed by atoms with E-state index in [2.05, 4.69) is 4.74 Å². The van der Waals surface area contributed by atoms with Gasteiger partial charge in [0.25, 0.3) is 5.91 Å². The van der Waals surface area contributed by atoms with Gasteiger partial charge in [0.15, 0.2) is 0 Å². The van der Waals surface area contributed by atoms with E-state index in [1.165, 1.54) is 16.9 Å². The summed E-state index contributed by atoms with van der Waals surface area (Å²) in [5.41, 5.74) is -0.295. The second kappa shape index (κ2) is 5.85. The summed E-state index contributed by atoms with van der Waals surface area (Å²) in [6, 6.07) is 2.76. The fourth-order valence-electron chi connectivity index (χ4n) is 2.05. The van der Waals surface area contributed by atoms with Crippen molar-refractivity contribution in [3.63, 3.8) is 0 Å². The monoisotopic (exact) mass is 284 g/mol. The maximum Gasteiger partial charge on any atom is 0.409 e. The molecule has 0 unspecified atom stereocenters. The third kappa shape index (κ3) is 2.87. The lowest BCUT2D eigenvalue weighted by molar-refractivity contribution is 0.0595. The normalized spacial score (nSPS) is 15.2. The maximum atomic E-state index is 13.5. The summed E-state index contributed by atoms with van der Waals surface area (Å²) in [7, 11) is 1.28. The molecule has 0 aromatic heterocycles. The van der Waals surface area contributed by atoms with E-state index in [0.29, 0.717) is 13.1 Å². The van der Waals surface area contributed by atoms with E-state index in [1.807, 2.05) is 0 Å². The van der Waals surface area contributed by atoms with Crippen molar-refractivity contribution in [2.24, 2.45) is 0 Å². The Morgan fingerprint density at radius 2 is 1.70 bits per heavy atom. The molecule has 0 saturated carbocycles. The number of hydrogen-bond acceptors (Lipinski definition) is 3. The maximum absolute atomic E-state index is 13.5. The second-order valence-corrected chi connectivity index (χ2v) is 4.37. The van der Waals surface area contributed by atoms with E-state index < -0.39 is 23.6 Å². The van der Waals surface area contributed by atoms with Crippen LogP contribution in [0.3, 0.4) is 0 Å². The molecule has 0 spiro atoms. The van der Waals surface area contributed by atoms with Gasteiger partial charge in [-0.15, -0.1) is 0 Å². The minimum absolute atomic E-state index is 0.254. The number of piperazine rings is 1. The largest absolute Gasteiger partial charge is 0.453 e. The van der Waals surface area contributed by atoms with Crippen molar-refractivity contribution in [3.8, 4) is 0 Å². The molecular weight excluding hydrogens is 270 g/mol. The first-order valence-corrected chi connectivity index (χ1v) is 6.10. The molecule has 1 saturated heterocycles. The molecule has 1 aliphatic rings. The van der Waals surface area contributed by atoms with Gasteiger partial charge < -0.3 is 14.5 Å².